The molecule has 10 heteroatoms. The van der Waals surface area contributed by atoms with Crippen molar-refractivity contribution in [2.75, 3.05) is 31.6 Å². The summed E-state index contributed by atoms with van der Waals surface area (Å²) < 4.78 is 31.8. The van der Waals surface area contributed by atoms with Gasteiger partial charge in [0.1, 0.15) is 0 Å². The highest BCUT2D eigenvalue weighted by molar-refractivity contribution is 7.89. The number of aromatic nitrogens is 1. The molecule has 1 aromatic carbocycles. The van der Waals surface area contributed by atoms with Crippen LogP contribution in [0.15, 0.2) is 52.6 Å². The predicted molar refractivity (Wildman–Crippen MR) is 104 cm³/mol. The molecule has 1 aliphatic heterocycles. The molecule has 0 unspecified atom stereocenters. The molecule has 138 valence electrons. The summed E-state index contributed by atoms with van der Waals surface area (Å²) in [5.74, 6) is 0. The van der Waals surface area contributed by atoms with Gasteiger partial charge < -0.3 is 15.0 Å². The lowest BCUT2D eigenvalue weighted by atomic mass is 10.3. The maximum absolute atomic E-state index is 12.6. The van der Waals surface area contributed by atoms with Gasteiger partial charge in [-0.05, 0) is 48.6 Å². The zero-order valence-electron chi connectivity index (χ0n) is 13.9. The van der Waals surface area contributed by atoms with Gasteiger partial charge in [-0.1, -0.05) is 0 Å². The lowest BCUT2D eigenvalue weighted by molar-refractivity contribution is 0.0730. The van der Waals surface area contributed by atoms with Crippen molar-refractivity contribution in [2.24, 2.45) is 5.10 Å². The van der Waals surface area contributed by atoms with Crippen molar-refractivity contribution in [3.63, 3.8) is 0 Å². The van der Waals surface area contributed by atoms with E-state index in [9.17, 15) is 8.42 Å². The van der Waals surface area contributed by atoms with Crippen molar-refractivity contribution in [3.05, 3.63) is 48.3 Å². The van der Waals surface area contributed by atoms with Crippen molar-refractivity contribution in [1.82, 2.24) is 14.7 Å². The first-order valence-corrected chi connectivity index (χ1v) is 9.82. The van der Waals surface area contributed by atoms with Crippen LogP contribution in [-0.4, -0.2) is 55.3 Å². The number of benzene rings is 1. The first-order chi connectivity index (χ1) is 12.6. The molecule has 1 aromatic heterocycles. The normalized spacial score (nSPS) is 15.8. The molecule has 3 N–H and O–H groups in total. The minimum atomic E-state index is -3.50. The number of hydrogen-bond donors (Lipinski definition) is 3. The van der Waals surface area contributed by atoms with E-state index in [1.54, 1.807) is 36.7 Å². The van der Waals surface area contributed by atoms with E-state index in [-0.39, 0.29) is 4.90 Å². The molecular weight excluding hydrogens is 374 g/mol. The number of anilines is 1. The van der Waals surface area contributed by atoms with E-state index in [0.717, 1.165) is 5.69 Å². The second-order valence-electron chi connectivity index (χ2n) is 5.49. The number of thiocarbonyl (C=S) groups is 1. The topological polar surface area (TPSA) is 98.8 Å². The van der Waals surface area contributed by atoms with Gasteiger partial charge >= 0.3 is 0 Å². The molecule has 0 spiro atoms. The molecule has 26 heavy (non-hydrogen) atoms. The summed E-state index contributed by atoms with van der Waals surface area (Å²) in [6.07, 6.45) is 3.40. The van der Waals surface area contributed by atoms with Gasteiger partial charge in [-0.3, -0.25) is 5.43 Å². The highest BCUT2D eigenvalue weighted by Crippen LogP contribution is 2.19. The fourth-order valence-electron chi connectivity index (χ4n) is 2.39. The second-order valence-corrected chi connectivity index (χ2v) is 7.84. The molecule has 0 saturated carbocycles. The Kier molecular flexibility index (Phi) is 5.99. The predicted octanol–water partition coefficient (Wildman–Crippen LogP) is 1.36. The van der Waals surface area contributed by atoms with E-state index < -0.39 is 10.0 Å². The first-order valence-electron chi connectivity index (χ1n) is 7.97. The number of sulfonamides is 1. The molecule has 0 radical (unpaired) electrons. The molecule has 8 nitrogen and oxygen atoms in total. The number of morpholine rings is 1. The highest BCUT2D eigenvalue weighted by Gasteiger charge is 2.26. The largest absolute Gasteiger partial charge is 0.379 e. The van der Waals surface area contributed by atoms with E-state index in [4.69, 9.17) is 17.0 Å². The molecule has 1 aliphatic rings. The number of aromatic amines is 1. The van der Waals surface area contributed by atoms with Gasteiger partial charge in [0.15, 0.2) is 5.11 Å². The Labute approximate surface area is 157 Å². The highest BCUT2D eigenvalue weighted by atomic mass is 32.2. The maximum Gasteiger partial charge on any atom is 0.243 e. The molecule has 3 rings (SSSR count). The molecule has 2 heterocycles. The van der Waals surface area contributed by atoms with Gasteiger partial charge in [-0.15, -0.1) is 0 Å². The van der Waals surface area contributed by atoms with Crippen molar-refractivity contribution >= 4 is 39.3 Å². The number of H-pyrrole nitrogens is 1. The van der Waals surface area contributed by atoms with Crippen LogP contribution in [-0.2, 0) is 14.8 Å². The van der Waals surface area contributed by atoms with E-state index in [1.807, 2.05) is 12.1 Å². The molecule has 0 atom stereocenters. The van der Waals surface area contributed by atoms with Crippen LogP contribution in [0.1, 0.15) is 5.69 Å². The number of rotatable bonds is 5. The summed E-state index contributed by atoms with van der Waals surface area (Å²) in [6, 6.07) is 10.2. The first kappa shape index (κ1) is 18.5. The third kappa shape index (κ3) is 4.67. The van der Waals surface area contributed by atoms with Gasteiger partial charge in [-0.2, -0.15) is 9.41 Å². The SMILES string of the molecule is O=S(=O)(c1ccc(NC(=S)N/N=C/c2ccc[nH]2)cc1)N1CCOCC1. The van der Waals surface area contributed by atoms with Gasteiger partial charge in [0.05, 0.1) is 30.0 Å². The van der Waals surface area contributed by atoms with E-state index in [0.29, 0.717) is 37.1 Å². The Bertz CT molecular complexity index is 858. The number of hydrazone groups is 1. The molecule has 1 fully saturated rings. The number of nitrogens with zero attached hydrogens (tertiary/aromatic N) is 2. The summed E-state index contributed by atoms with van der Waals surface area (Å²) in [4.78, 5) is 3.23. The Morgan fingerprint density at radius 1 is 1.23 bits per heavy atom. The van der Waals surface area contributed by atoms with Gasteiger partial charge in [0, 0.05) is 25.0 Å². The van der Waals surface area contributed by atoms with Crippen molar-refractivity contribution in [1.29, 1.82) is 0 Å². The average molecular weight is 393 g/mol. The average Bonchev–Trinajstić information content (AvgIpc) is 3.16. The summed E-state index contributed by atoms with van der Waals surface area (Å²) in [5, 5.41) is 7.25. The van der Waals surface area contributed by atoms with Crippen LogP contribution in [0.25, 0.3) is 0 Å². The number of hydrogen-bond acceptors (Lipinski definition) is 5. The number of nitrogens with one attached hydrogen (secondary N) is 3. The van der Waals surface area contributed by atoms with Crippen LogP contribution in [0.3, 0.4) is 0 Å². The monoisotopic (exact) mass is 393 g/mol. The third-order valence-corrected chi connectivity index (χ3v) is 5.82. The van der Waals surface area contributed by atoms with Crippen LogP contribution in [0.5, 0.6) is 0 Å². The van der Waals surface area contributed by atoms with Crippen LogP contribution in [0.4, 0.5) is 5.69 Å². The van der Waals surface area contributed by atoms with Crippen LogP contribution < -0.4 is 10.7 Å². The van der Waals surface area contributed by atoms with Crippen molar-refractivity contribution < 1.29 is 13.2 Å². The van der Waals surface area contributed by atoms with E-state index in [2.05, 4.69) is 20.8 Å². The summed E-state index contributed by atoms with van der Waals surface area (Å²) in [7, 11) is -3.50. The lowest BCUT2D eigenvalue weighted by Crippen LogP contribution is -2.40. The molecule has 0 amide bonds. The molecule has 1 saturated heterocycles. The van der Waals surface area contributed by atoms with Crippen molar-refractivity contribution in [3.8, 4) is 0 Å². The van der Waals surface area contributed by atoms with Crippen molar-refractivity contribution in [2.45, 2.75) is 4.90 Å². The standard InChI is InChI=1S/C16H19N5O3S2/c22-26(23,21-8-10-24-11-9-21)15-5-3-13(4-6-15)19-16(25)20-18-12-14-2-1-7-17-14/h1-7,12,17H,8-11H2,(H2,19,20,25)/b18-12+. The van der Waals surface area contributed by atoms with Crippen LogP contribution in [0, 0.1) is 0 Å². The maximum atomic E-state index is 12.6. The smallest absolute Gasteiger partial charge is 0.243 e. The Morgan fingerprint density at radius 2 is 1.96 bits per heavy atom. The second kappa shape index (κ2) is 8.41. The zero-order chi connectivity index (χ0) is 18.4. The lowest BCUT2D eigenvalue weighted by Gasteiger charge is -2.26. The number of ether oxygens (including phenoxy) is 1. The minimum absolute atomic E-state index is 0.244. The summed E-state index contributed by atoms with van der Waals surface area (Å²) in [5.41, 5.74) is 4.21. The summed E-state index contributed by atoms with van der Waals surface area (Å²) >= 11 is 5.15. The Hall–Kier alpha value is -2.27. The van der Waals surface area contributed by atoms with E-state index in [1.165, 1.54) is 4.31 Å². The fraction of sp³-hybridized carbons (Fsp3) is 0.250. The fourth-order valence-corrected chi connectivity index (χ4v) is 3.97. The molecule has 2 aromatic rings. The van der Waals surface area contributed by atoms with Gasteiger partial charge in [-0.25, -0.2) is 8.42 Å². The molecule has 0 bridgehead atoms. The Morgan fingerprint density at radius 3 is 2.62 bits per heavy atom. The minimum Gasteiger partial charge on any atom is -0.379 e. The Balaban J connectivity index is 1.57. The van der Waals surface area contributed by atoms with Gasteiger partial charge in [0.25, 0.3) is 0 Å². The van der Waals surface area contributed by atoms with Gasteiger partial charge in [0.2, 0.25) is 10.0 Å². The quantitative estimate of drug-likeness (QED) is 0.403. The van der Waals surface area contributed by atoms with E-state index >= 15 is 0 Å². The molecular formula is C16H19N5O3S2. The summed E-state index contributed by atoms with van der Waals surface area (Å²) in [6.45, 7) is 1.58. The van der Waals surface area contributed by atoms with Crippen LogP contribution in [0.2, 0.25) is 0 Å². The van der Waals surface area contributed by atoms with Crippen LogP contribution >= 0.6 is 12.2 Å². The third-order valence-electron chi connectivity index (χ3n) is 3.71. The molecule has 0 aliphatic carbocycles. The zero-order valence-corrected chi connectivity index (χ0v) is 15.5.